The van der Waals surface area contributed by atoms with Crippen molar-refractivity contribution in [3.8, 4) is 0 Å². The number of likely N-dealkylation sites (tertiary alicyclic amines) is 1. The van der Waals surface area contributed by atoms with Crippen molar-refractivity contribution in [2.24, 2.45) is 0 Å². The highest BCUT2D eigenvalue weighted by atomic mass is 16.3. The molecular weight excluding hydrogens is 268 g/mol. The van der Waals surface area contributed by atoms with Crippen molar-refractivity contribution in [1.82, 2.24) is 10.2 Å². The largest absolute Gasteiger partial charge is 0.389 e. The predicted octanol–water partition coefficient (Wildman–Crippen LogP) is 0.161. The second kappa shape index (κ2) is 7.54. The van der Waals surface area contributed by atoms with Gasteiger partial charge in [0.2, 0.25) is 5.91 Å². The molecule has 0 aromatic heterocycles. The van der Waals surface area contributed by atoms with E-state index in [2.05, 4.69) is 17.4 Å². The minimum Gasteiger partial charge on any atom is -0.389 e. The first-order chi connectivity index (χ1) is 10.1. The highest BCUT2D eigenvalue weighted by Gasteiger charge is 2.40. The lowest BCUT2D eigenvalue weighted by Crippen LogP contribution is -2.40. The fraction of sp³-hybridized carbons (Fsp3) is 0.562. The van der Waals surface area contributed by atoms with Crippen molar-refractivity contribution in [2.75, 3.05) is 20.1 Å². The van der Waals surface area contributed by atoms with Gasteiger partial charge in [0.05, 0.1) is 12.2 Å². The number of benzene rings is 1. The number of rotatable bonds is 6. The van der Waals surface area contributed by atoms with Crippen LogP contribution in [0.4, 0.5) is 0 Å². The number of aliphatic hydroxyl groups is 2. The van der Waals surface area contributed by atoms with E-state index in [0.29, 0.717) is 6.54 Å². The Morgan fingerprint density at radius 2 is 2.05 bits per heavy atom. The van der Waals surface area contributed by atoms with Crippen LogP contribution in [0.15, 0.2) is 30.3 Å². The summed E-state index contributed by atoms with van der Waals surface area (Å²) < 4.78 is 0. The Labute approximate surface area is 125 Å². The molecule has 1 aromatic rings. The van der Waals surface area contributed by atoms with Crippen LogP contribution in [0.25, 0.3) is 0 Å². The maximum absolute atomic E-state index is 11.5. The monoisotopic (exact) mass is 292 g/mol. The fourth-order valence-electron chi connectivity index (χ4n) is 2.89. The molecule has 5 heteroatoms. The molecule has 1 aliphatic rings. The van der Waals surface area contributed by atoms with Crippen molar-refractivity contribution in [2.45, 2.75) is 37.5 Å². The van der Waals surface area contributed by atoms with Gasteiger partial charge in [0.1, 0.15) is 0 Å². The molecule has 116 valence electrons. The number of β-amino-alcohol motifs (C(OH)–C–C–N with tert-alkyl or cyclic N) is 1. The van der Waals surface area contributed by atoms with Crippen LogP contribution in [0.2, 0.25) is 0 Å². The molecule has 1 heterocycles. The van der Waals surface area contributed by atoms with Gasteiger partial charge >= 0.3 is 0 Å². The summed E-state index contributed by atoms with van der Waals surface area (Å²) in [6.07, 6.45) is 0.500. The molecule has 0 radical (unpaired) electrons. The Morgan fingerprint density at radius 3 is 2.71 bits per heavy atom. The van der Waals surface area contributed by atoms with Gasteiger partial charge in [0.25, 0.3) is 0 Å². The van der Waals surface area contributed by atoms with Crippen LogP contribution >= 0.6 is 0 Å². The molecule has 0 spiro atoms. The number of hydrogen-bond donors (Lipinski definition) is 3. The second-order valence-electron chi connectivity index (χ2n) is 5.59. The van der Waals surface area contributed by atoms with E-state index in [1.807, 2.05) is 23.1 Å². The van der Waals surface area contributed by atoms with Crippen LogP contribution in [-0.2, 0) is 11.2 Å². The normalized spacial score (nSPS) is 26.0. The Kier molecular flexibility index (Phi) is 5.73. The highest BCUT2D eigenvalue weighted by molar-refractivity contribution is 5.76. The molecule has 1 saturated heterocycles. The standard InChI is InChI=1S/C16H24N2O3/c1-17-15(20)10-13-16(21)14(19)11-18(13)9-5-8-12-6-3-2-4-7-12/h2-4,6-7,13-14,16,19,21H,5,8-11H2,1H3,(H,17,20)/t13?,14-,16-/m1/s1. The van der Waals surface area contributed by atoms with Gasteiger partial charge in [-0.25, -0.2) is 0 Å². The number of aryl methyl sites for hydroxylation is 1. The van der Waals surface area contributed by atoms with E-state index in [0.717, 1.165) is 19.4 Å². The van der Waals surface area contributed by atoms with E-state index in [1.54, 1.807) is 7.05 Å². The van der Waals surface area contributed by atoms with E-state index in [-0.39, 0.29) is 18.4 Å². The third-order valence-electron chi connectivity index (χ3n) is 4.11. The summed E-state index contributed by atoms with van der Waals surface area (Å²) in [5.41, 5.74) is 1.28. The number of nitrogens with one attached hydrogen (secondary N) is 1. The summed E-state index contributed by atoms with van der Waals surface area (Å²) >= 11 is 0. The molecule has 2 rings (SSSR count). The van der Waals surface area contributed by atoms with Crippen molar-refractivity contribution in [1.29, 1.82) is 0 Å². The fourth-order valence-corrected chi connectivity index (χ4v) is 2.89. The zero-order chi connectivity index (χ0) is 15.2. The van der Waals surface area contributed by atoms with Gasteiger partial charge in [-0.3, -0.25) is 9.69 Å². The van der Waals surface area contributed by atoms with Crippen molar-refractivity contribution in [3.63, 3.8) is 0 Å². The van der Waals surface area contributed by atoms with Crippen molar-refractivity contribution < 1.29 is 15.0 Å². The molecule has 0 saturated carbocycles. The molecule has 5 nitrogen and oxygen atoms in total. The zero-order valence-corrected chi connectivity index (χ0v) is 12.4. The molecule has 1 fully saturated rings. The van der Waals surface area contributed by atoms with Gasteiger partial charge in [-0.15, -0.1) is 0 Å². The quantitative estimate of drug-likeness (QED) is 0.698. The maximum atomic E-state index is 11.5. The molecule has 1 amide bonds. The van der Waals surface area contributed by atoms with E-state index in [4.69, 9.17) is 0 Å². The van der Waals surface area contributed by atoms with E-state index in [9.17, 15) is 15.0 Å². The first-order valence-electron chi connectivity index (χ1n) is 7.46. The molecule has 3 N–H and O–H groups in total. The highest BCUT2D eigenvalue weighted by Crippen LogP contribution is 2.22. The third kappa shape index (κ3) is 4.27. The number of aliphatic hydroxyl groups excluding tert-OH is 2. The summed E-state index contributed by atoms with van der Waals surface area (Å²) in [7, 11) is 1.58. The summed E-state index contributed by atoms with van der Waals surface area (Å²) in [4.78, 5) is 13.6. The molecule has 1 aromatic carbocycles. The average Bonchev–Trinajstić information content (AvgIpc) is 2.76. The topological polar surface area (TPSA) is 72.8 Å². The van der Waals surface area contributed by atoms with Crippen LogP contribution in [0.3, 0.4) is 0 Å². The van der Waals surface area contributed by atoms with E-state index in [1.165, 1.54) is 5.56 Å². The minimum atomic E-state index is -0.848. The molecular formula is C16H24N2O3. The maximum Gasteiger partial charge on any atom is 0.221 e. The lowest BCUT2D eigenvalue weighted by atomic mass is 10.1. The second-order valence-corrected chi connectivity index (χ2v) is 5.59. The molecule has 0 aliphatic carbocycles. The Balaban J connectivity index is 1.86. The summed E-state index contributed by atoms with van der Waals surface area (Å²) in [6, 6.07) is 9.93. The molecule has 1 aliphatic heterocycles. The Morgan fingerprint density at radius 1 is 1.33 bits per heavy atom. The number of hydrogen-bond acceptors (Lipinski definition) is 4. The number of carbonyl (C=O) groups excluding carboxylic acids is 1. The Bertz CT molecular complexity index is 452. The van der Waals surface area contributed by atoms with Gasteiger partial charge in [-0.1, -0.05) is 30.3 Å². The predicted molar refractivity (Wildman–Crippen MR) is 80.8 cm³/mol. The summed E-state index contributed by atoms with van der Waals surface area (Å²) in [5.74, 6) is -0.110. The smallest absolute Gasteiger partial charge is 0.221 e. The molecule has 21 heavy (non-hydrogen) atoms. The SMILES string of the molecule is CNC(=O)CC1[C@@H](O)[C@H](O)CN1CCCc1ccccc1. The van der Waals surface area contributed by atoms with Gasteiger partial charge in [0.15, 0.2) is 0 Å². The van der Waals surface area contributed by atoms with Crippen LogP contribution < -0.4 is 5.32 Å². The Hall–Kier alpha value is -1.43. The molecule has 3 atom stereocenters. The average molecular weight is 292 g/mol. The van der Waals surface area contributed by atoms with Crippen molar-refractivity contribution >= 4 is 5.91 Å². The zero-order valence-electron chi connectivity index (χ0n) is 12.4. The molecule has 1 unspecified atom stereocenters. The number of nitrogens with zero attached hydrogens (tertiary/aromatic N) is 1. The van der Waals surface area contributed by atoms with Crippen LogP contribution in [0, 0.1) is 0 Å². The van der Waals surface area contributed by atoms with Gasteiger partial charge in [0, 0.05) is 26.1 Å². The number of carbonyl (C=O) groups is 1. The van der Waals surface area contributed by atoms with Gasteiger partial charge < -0.3 is 15.5 Å². The van der Waals surface area contributed by atoms with Gasteiger partial charge in [-0.05, 0) is 24.9 Å². The molecule has 0 bridgehead atoms. The van der Waals surface area contributed by atoms with Crippen LogP contribution in [0.1, 0.15) is 18.4 Å². The van der Waals surface area contributed by atoms with Crippen LogP contribution in [-0.4, -0.2) is 59.4 Å². The van der Waals surface area contributed by atoms with Crippen molar-refractivity contribution in [3.05, 3.63) is 35.9 Å². The third-order valence-corrected chi connectivity index (χ3v) is 4.11. The lowest BCUT2D eigenvalue weighted by molar-refractivity contribution is -0.122. The summed E-state index contributed by atoms with van der Waals surface area (Å²) in [5, 5.41) is 22.4. The van der Waals surface area contributed by atoms with Gasteiger partial charge in [-0.2, -0.15) is 0 Å². The van der Waals surface area contributed by atoms with E-state index < -0.39 is 12.2 Å². The number of amides is 1. The minimum absolute atomic E-state index is 0.110. The van der Waals surface area contributed by atoms with Crippen LogP contribution in [0.5, 0.6) is 0 Å². The first kappa shape index (κ1) is 15.9. The lowest BCUT2D eigenvalue weighted by Gasteiger charge is -2.25. The summed E-state index contributed by atoms with van der Waals surface area (Å²) in [6.45, 7) is 1.20. The van der Waals surface area contributed by atoms with E-state index >= 15 is 0 Å². The first-order valence-corrected chi connectivity index (χ1v) is 7.46.